The van der Waals surface area contributed by atoms with Crippen LogP contribution in [-0.2, 0) is 10.0 Å². The van der Waals surface area contributed by atoms with Crippen LogP contribution in [0.25, 0.3) is 0 Å². The molecule has 1 amide bonds. The van der Waals surface area contributed by atoms with Crippen LogP contribution in [0.2, 0.25) is 0 Å². The number of thiophene rings is 1. The summed E-state index contributed by atoms with van der Waals surface area (Å²) in [6, 6.07) is 1.32. The van der Waals surface area contributed by atoms with Crippen LogP contribution in [0.1, 0.15) is 23.5 Å². The second kappa shape index (κ2) is 4.94. The Morgan fingerprint density at radius 3 is 2.38 bits per heavy atom. The molecule has 0 atom stereocenters. The number of amides is 1. The Labute approximate surface area is 98.9 Å². The van der Waals surface area contributed by atoms with Crippen molar-refractivity contribution in [1.29, 1.82) is 0 Å². The first-order valence-electron chi connectivity index (χ1n) is 4.82. The zero-order valence-electron chi connectivity index (χ0n) is 9.13. The van der Waals surface area contributed by atoms with Crippen LogP contribution in [0.4, 0.5) is 0 Å². The summed E-state index contributed by atoms with van der Waals surface area (Å²) in [5, 5.41) is 1.44. The Morgan fingerprint density at radius 2 is 2.00 bits per heavy atom. The van der Waals surface area contributed by atoms with Crippen molar-refractivity contribution in [2.24, 2.45) is 5.73 Å². The minimum Gasteiger partial charge on any atom is -0.365 e. The summed E-state index contributed by atoms with van der Waals surface area (Å²) >= 11 is 1.04. The van der Waals surface area contributed by atoms with E-state index >= 15 is 0 Å². The molecule has 0 aliphatic carbocycles. The Morgan fingerprint density at radius 1 is 1.44 bits per heavy atom. The van der Waals surface area contributed by atoms with E-state index in [0.29, 0.717) is 13.1 Å². The highest BCUT2D eigenvalue weighted by atomic mass is 32.2. The lowest BCUT2D eigenvalue weighted by Crippen LogP contribution is -2.30. The molecule has 1 aromatic heterocycles. The van der Waals surface area contributed by atoms with Crippen LogP contribution in [0, 0.1) is 0 Å². The first-order chi connectivity index (χ1) is 7.43. The first kappa shape index (κ1) is 13.1. The molecule has 1 heterocycles. The standard InChI is InChI=1S/C9H14N2O3S2/c1-3-11(4-2)16(13,14)7-5-8(9(10)12)15-6-7/h5-6H,3-4H2,1-2H3,(H2,10,12). The van der Waals surface area contributed by atoms with Crippen molar-refractivity contribution in [2.75, 3.05) is 13.1 Å². The maximum Gasteiger partial charge on any atom is 0.258 e. The second-order valence-electron chi connectivity index (χ2n) is 3.10. The van der Waals surface area contributed by atoms with Gasteiger partial charge in [-0.15, -0.1) is 11.3 Å². The van der Waals surface area contributed by atoms with Gasteiger partial charge in [0.25, 0.3) is 5.91 Å². The van der Waals surface area contributed by atoms with E-state index in [1.54, 1.807) is 13.8 Å². The molecule has 2 N–H and O–H groups in total. The number of hydrogen-bond donors (Lipinski definition) is 1. The quantitative estimate of drug-likeness (QED) is 0.855. The number of hydrogen-bond acceptors (Lipinski definition) is 4. The van der Waals surface area contributed by atoms with Gasteiger partial charge < -0.3 is 5.73 Å². The fraction of sp³-hybridized carbons (Fsp3) is 0.444. The third kappa shape index (κ3) is 2.42. The van der Waals surface area contributed by atoms with Gasteiger partial charge in [0.2, 0.25) is 10.0 Å². The van der Waals surface area contributed by atoms with E-state index in [2.05, 4.69) is 0 Å². The molecule has 0 unspecified atom stereocenters. The number of primary amides is 1. The minimum atomic E-state index is -3.48. The molecule has 7 heteroatoms. The summed E-state index contributed by atoms with van der Waals surface area (Å²) in [6.45, 7) is 4.34. The molecular weight excluding hydrogens is 248 g/mol. The van der Waals surface area contributed by atoms with E-state index in [-0.39, 0.29) is 9.77 Å². The van der Waals surface area contributed by atoms with Crippen LogP contribution in [0.3, 0.4) is 0 Å². The molecule has 0 bridgehead atoms. The summed E-state index contributed by atoms with van der Waals surface area (Å²) in [4.78, 5) is 11.3. The van der Waals surface area contributed by atoms with Crippen LogP contribution in [-0.4, -0.2) is 31.7 Å². The van der Waals surface area contributed by atoms with Crippen LogP contribution < -0.4 is 5.73 Å². The monoisotopic (exact) mass is 262 g/mol. The van der Waals surface area contributed by atoms with E-state index in [0.717, 1.165) is 11.3 Å². The van der Waals surface area contributed by atoms with Gasteiger partial charge in [0, 0.05) is 18.5 Å². The van der Waals surface area contributed by atoms with Gasteiger partial charge in [0.1, 0.15) is 0 Å². The number of rotatable bonds is 5. The van der Waals surface area contributed by atoms with Gasteiger partial charge in [0.15, 0.2) is 0 Å². The summed E-state index contributed by atoms with van der Waals surface area (Å²) in [6.07, 6.45) is 0. The lowest BCUT2D eigenvalue weighted by molar-refractivity contribution is 0.100. The SMILES string of the molecule is CCN(CC)S(=O)(=O)c1csc(C(N)=O)c1. The van der Waals surface area contributed by atoms with Crippen LogP contribution in [0.15, 0.2) is 16.3 Å². The molecule has 1 aromatic rings. The smallest absolute Gasteiger partial charge is 0.258 e. The summed E-state index contributed by atoms with van der Waals surface area (Å²) < 4.78 is 25.4. The molecule has 90 valence electrons. The lowest BCUT2D eigenvalue weighted by atomic mass is 10.5. The molecule has 0 spiro atoms. The summed E-state index contributed by atoms with van der Waals surface area (Å²) in [5.74, 6) is -0.606. The highest BCUT2D eigenvalue weighted by Gasteiger charge is 2.23. The molecular formula is C9H14N2O3S2. The highest BCUT2D eigenvalue weighted by molar-refractivity contribution is 7.89. The van der Waals surface area contributed by atoms with Crippen molar-refractivity contribution in [2.45, 2.75) is 18.7 Å². The fourth-order valence-electron chi connectivity index (χ4n) is 1.30. The normalized spacial score (nSPS) is 11.9. The van der Waals surface area contributed by atoms with Crippen molar-refractivity contribution in [3.8, 4) is 0 Å². The number of nitrogens with zero attached hydrogens (tertiary/aromatic N) is 1. The molecule has 0 aliphatic heterocycles. The third-order valence-electron chi connectivity index (χ3n) is 2.16. The van der Waals surface area contributed by atoms with Gasteiger partial charge in [-0.3, -0.25) is 4.79 Å². The number of carbonyl (C=O) groups is 1. The van der Waals surface area contributed by atoms with E-state index in [9.17, 15) is 13.2 Å². The lowest BCUT2D eigenvalue weighted by Gasteiger charge is -2.17. The predicted molar refractivity (Wildman–Crippen MR) is 62.9 cm³/mol. The van der Waals surface area contributed by atoms with Crippen LogP contribution in [0.5, 0.6) is 0 Å². The third-order valence-corrected chi connectivity index (χ3v) is 5.28. The Hall–Kier alpha value is -0.920. The van der Waals surface area contributed by atoms with Crippen molar-refractivity contribution >= 4 is 27.3 Å². The van der Waals surface area contributed by atoms with Crippen molar-refractivity contribution in [3.63, 3.8) is 0 Å². The average Bonchev–Trinajstić information content (AvgIpc) is 2.68. The van der Waals surface area contributed by atoms with E-state index < -0.39 is 15.9 Å². The minimum absolute atomic E-state index is 0.134. The van der Waals surface area contributed by atoms with E-state index in [1.807, 2.05) is 0 Å². The zero-order valence-corrected chi connectivity index (χ0v) is 10.8. The molecule has 0 radical (unpaired) electrons. The van der Waals surface area contributed by atoms with Crippen molar-refractivity contribution < 1.29 is 13.2 Å². The maximum absolute atomic E-state index is 12.0. The average molecular weight is 262 g/mol. The summed E-state index contributed by atoms with van der Waals surface area (Å²) in [5.41, 5.74) is 5.07. The fourth-order valence-corrected chi connectivity index (χ4v) is 3.87. The molecule has 0 aromatic carbocycles. The molecule has 16 heavy (non-hydrogen) atoms. The van der Waals surface area contributed by atoms with Crippen molar-refractivity contribution in [3.05, 3.63) is 16.3 Å². The van der Waals surface area contributed by atoms with E-state index in [4.69, 9.17) is 5.73 Å². The molecule has 0 saturated heterocycles. The van der Waals surface area contributed by atoms with Crippen LogP contribution >= 0.6 is 11.3 Å². The molecule has 0 saturated carbocycles. The number of nitrogens with two attached hydrogens (primary N) is 1. The molecule has 0 fully saturated rings. The topological polar surface area (TPSA) is 80.5 Å². The second-order valence-corrected chi connectivity index (χ2v) is 5.95. The Bertz CT molecular complexity index is 475. The largest absolute Gasteiger partial charge is 0.365 e. The molecule has 1 rings (SSSR count). The van der Waals surface area contributed by atoms with Gasteiger partial charge in [-0.05, 0) is 6.07 Å². The Balaban J connectivity index is 3.12. The number of sulfonamides is 1. The summed E-state index contributed by atoms with van der Waals surface area (Å²) in [7, 11) is -3.48. The van der Waals surface area contributed by atoms with Gasteiger partial charge in [-0.2, -0.15) is 4.31 Å². The molecule has 0 aliphatic rings. The first-order valence-corrected chi connectivity index (χ1v) is 7.14. The van der Waals surface area contributed by atoms with Gasteiger partial charge >= 0.3 is 0 Å². The molecule has 5 nitrogen and oxygen atoms in total. The van der Waals surface area contributed by atoms with Gasteiger partial charge in [-0.1, -0.05) is 13.8 Å². The Kier molecular flexibility index (Phi) is 4.06. The van der Waals surface area contributed by atoms with Gasteiger partial charge in [-0.25, -0.2) is 8.42 Å². The zero-order chi connectivity index (χ0) is 12.3. The predicted octanol–water partition coefficient (Wildman–Crippen LogP) is 0.877. The van der Waals surface area contributed by atoms with Gasteiger partial charge in [0.05, 0.1) is 9.77 Å². The van der Waals surface area contributed by atoms with Crippen molar-refractivity contribution in [1.82, 2.24) is 4.31 Å². The van der Waals surface area contributed by atoms with E-state index in [1.165, 1.54) is 15.8 Å². The highest BCUT2D eigenvalue weighted by Crippen LogP contribution is 2.22. The number of carbonyl (C=O) groups excluding carboxylic acids is 1. The maximum atomic E-state index is 12.0.